The molecule has 0 aliphatic rings. The number of hydrogen-bond acceptors (Lipinski definition) is 5. The first-order valence-electron chi connectivity index (χ1n) is 4.99. The van der Waals surface area contributed by atoms with E-state index in [4.69, 9.17) is 18.0 Å². The van der Waals surface area contributed by atoms with Gasteiger partial charge in [-0.05, 0) is 12.1 Å². The van der Waals surface area contributed by atoms with E-state index in [-0.39, 0.29) is 0 Å². The van der Waals surface area contributed by atoms with Crippen LogP contribution in [-0.2, 0) is 13.6 Å². The minimum atomic E-state index is 0.345. The van der Waals surface area contributed by atoms with Crippen molar-refractivity contribution < 1.29 is 0 Å². The highest BCUT2D eigenvalue weighted by Crippen LogP contribution is 2.06. The Kier molecular flexibility index (Phi) is 3.29. The Morgan fingerprint density at radius 2 is 2.35 bits per heavy atom. The summed E-state index contributed by atoms with van der Waals surface area (Å²) in [7, 11) is 1.89. The van der Waals surface area contributed by atoms with Gasteiger partial charge in [0.1, 0.15) is 17.1 Å². The number of pyridine rings is 1. The van der Waals surface area contributed by atoms with Gasteiger partial charge in [-0.15, -0.1) is 10.2 Å². The number of nitrogens with zero attached hydrogens (tertiary/aromatic N) is 4. The molecule has 0 radical (unpaired) electrons. The van der Waals surface area contributed by atoms with Crippen molar-refractivity contribution in [2.24, 2.45) is 12.8 Å². The van der Waals surface area contributed by atoms with Gasteiger partial charge in [0.2, 0.25) is 0 Å². The first-order valence-corrected chi connectivity index (χ1v) is 5.40. The van der Waals surface area contributed by atoms with Crippen LogP contribution in [0.1, 0.15) is 11.4 Å². The van der Waals surface area contributed by atoms with Gasteiger partial charge in [0.25, 0.3) is 0 Å². The number of aromatic nitrogens is 4. The summed E-state index contributed by atoms with van der Waals surface area (Å²) in [4.78, 5) is 4.54. The smallest absolute Gasteiger partial charge is 0.151 e. The summed E-state index contributed by atoms with van der Waals surface area (Å²) in [6, 6.07) is 3.65. The lowest BCUT2D eigenvalue weighted by Crippen LogP contribution is -2.11. The molecule has 7 heteroatoms. The van der Waals surface area contributed by atoms with Gasteiger partial charge in [-0.1, -0.05) is 12.2 Å². The number of hydrogen-bond donors (Lipinski definition) is 2. The molecule has 0 unspecified atom stereocenters. The van der Waals surface area contributed by atoms with Crippen LogP contribution in [0.4, 0.5) is 5.82 Å². The maximum Gasteiger partial charge on any atom is 0.151 e. The van der Waals surface area contributed by atoms with Gasteiger partial charge in [0.05, 0.1) is 6.54 Å². The summed E-state index contributed by atoms with van der Waals surface area (Å²) in [5, 5.41) is 10.9. The highest BCUT2D eigenvalue weighted by molar-refractivity contribution is 7.80. The maximum absolute atomic E-state index is 5.48. The number of nitrogens with two attached hydrogens (primary N) is 1. The van der Waals surface area contributed by atoms with E-state index < -0.39 is 0 Å². The Morgan fingerprint density at radius 1 is 1.53 bits per heavy atom. The van der Waals surface area contributed by atoms with Crippen molar-refractivity contribution in [1.29, 1.82) is 0 Å². The van der Waals surface area contributed by atoms with Crippen LogP contribution < -0.4 is 11.1 Å². The molecule has 6 nitrogen and oxygen atoms in total. The van der Waals surface area contributed by atoms with E-state index in [0.717, 1.165) is 17.2 Å². The molecule has 0 bridgehead atoms. The van der Waals surface area contributed by atoms with Crippen molar-refractivity contribution in [3.63, 3.8) is 0 Å². The Morgan fingerprint density at radius 3 is 2.88 bits per heavy atom. The molecule has 0 aliphatic heterocycles. The van der Waals surface area contributed by atoms with Gasteiger partial charge in [-0.3, -0.25) is 0 Å². The molecule has 0 saturated carbocycles. The average molecular weight is 248 g/mol. The van der Waals surface area contributed by atoms with E-state index in [9.17, 15) is 0 Å². The Labute approximate surface area is 104 Å². The van der Waals surface area contributed by atoms with Crippen molar-refractivity contribution in [1.82, 2.24) is 19.7 Å². The van der Waals surface area contributed by atoms with Gasteiger partial charge in [-0.2, -0.15) is 0 Å². The summed E-state index contributed by atoms with van der Waals surface area (Å²) < 4.78 is 1.84. The molecule has 17 heavy (non-hydrogen) atoms. The van der Waals surface area contributed by atoms with Crippen LogP contribution in [0.5, 0.6) is 0 Å². The second-order valence-electron chi connectivity index (χ2n) is 3.51. The predicted octanol–water partition coefficient (Wildman–Crippen LogP) is 0.456. The van der Waals surface area contributed by atoms with Crippen molar-refractivity contribution in [2.75, 3.05) is 5.32 Å². The third kappa shape index (κ3) is 2.76. The first kappa shape index (κ1) is 11.5. The number of aryl methyl sites for hydroxylation is 1. The number of nitrogens with one attached hydrogen (secondary N) is 1. The second kappa shape index (κ2) is 4.88. The maximum atomic E-state index is 5.48. The molecule has 2 aromatic heterocycles. The van der Waals surface area contributed by atoms with Crippen LogP contribution in [0.15, 0.2) is 24.7 Å². The predicted molar refractivity (Wildman–Crippen MR) is 68.5 cm³/mol. The molecule has 3 N–H and O–H groups in total. The number of thiocarbonyl (C=S) groups is 1. The quantitative estimate of drug-likeness (QED) is 0.765. The monoisotopic (exact) mass is 248 g/mol. The van der Waals surface area contributed by atoms with Crippen LogP contribution in [0.2, 0.25) is 0 Å². The highest BCUT2D eigenvalue weighted by Gasteiger charge is 2.01. The fourth-order valence-corrected chi connectivity index (χ4v) is 1.40. The van der Waals surface area contributed by atoms with E-state index in [1.54, 1.807) is 12.5 Å². The van der Waals surface area contributed by atoms with Crippen molar-refractivity contribution in [3.05, 3.63) is 36.0 Å². The molecule has 0 aromatic carbocycles. The van der Waals surface area contributed by atoms with Crippen molar-refractivity contribution in [2.45, 2.75) is 6.54 Å². The first-order chi connectivity index (χ1) is 8.16. The molecule has 0 spiro atoms. The summed E-state index contributed by atoms with van der Waals surface area (Å²) in [6.45, 7) is 0.565. The van der Waals surface area contributed by atoms with Gasteiger partial charge >= 0.3 is 0 Å². The normalized spacial score (nSPS) is 10.2. The van der Waals surface area contributed by atoms with Crippen LogP contribution in [0, 0.1) is 0 Å². The summed E-state index contributed by atoms with van der Waals surface area (Å²) in [6.07, 6.45) is 3.29. The van der Waals surface area contributed by atoms with Crippen LogP contribution in [-0.4, -0.2) is 24.7 Å². The Bertz CT molecular complexity index is 518. The Hall–Kier alpha value is -2.02. The zero-order valence-electron chi connectivity index (χ0n) is 9.29. The molecule has 2 heterocycles. The average Bonchev–Trinajstić information content (AvgIpc) is 2.73. The second-order valence-corrected chi connectivity index (χ2v) is 3.95. The minimum absolute atomic E-state index is 0.345. The zero-order chi connectivity index (χ0) is 12.3. The zero-order valence-corrected chi connectivity index (χ0v) is 10.1. The number of rotatable bonds is 4. The summed E-state index contributed by atoms with van der Waals surface area (Å²) in [5.74, 6) is 1.58. The fraction of sp³-hybridized carbons (Fsp3) is 0.200. The van der Waals surface area contributed by atoms with Crippen LogP contribution >= 0.6 is 12.2 Å². The third-order valence-electron chi connectivity index (χ3n) is 2.28. The SMILES string of the molecule is Cn1cnnc1CNc1ccc(C(N)=S)cn1. The Balaban J connectivity index is 2.00. The lowest BCUT2D eigenvalue weighted by Gasteiger charge is -2.05. The topological polar surface area (TPSA) is 81.7 Å². The van der Waals surface area contributed by atoms with Crippen LogP contribution in [0.3, 0.4) is 0 Å². The molecular formula is C10H12N6S. The van der Waals surface area contributed by atoms with Gasteiger partial charge < -0.3 is 15.6 Å². The van der Waals surface area contributed by atoms with E-state index in [1.807, 2.05) is 23.7 Å². The standard InChI is InChI=1S/C10H12N6S/c1-16-6-14-15-9(16)5-13-8-3-2-7(4-12-8)10(11)17/h2-4,6H,5H2,1H3,(H2,11,17)(H,12,13). The van der Waals surface area contributed by atoms with E-state index >= 15 is 0 Å². The summed E-state index contributed by atoms with van der Waals surface area (Å²) >= 11 is 4.85. The number of anilines is 1. The van der Waals surface area contributed by atoms with E-state index in [2.05, 4.69) is 20.5 Å². The van der Waals surface area contributed by atoms with Gasteiger partial charge in [-0.25, -0.2) is 4.98 Å². The fourth-order valence-electron chi connectivity index (χ4n) is 1.28. The minimum Gasteiger partial charge on any atom is -0.389 e. The molecule has 2 rings (SSSR count). The third-order valence-corrected chi connectivity index (χ3v) is 2.52. The molecule has 0 amide bonds. The molecule has 0 saturated heterocycles. The van der Waals surface area contributed by atoms with Crippen molar-refractivity contribution >= 4 is 23.0 Å². The highest BCUT2D eigenvalue weighted by atomic mass is 32.1. The molecule has 0 aliphatic carbocycles. The van der Waals surface area contributed by atoms with Crippen LogP contribution in [0.25, 0.3) is 0 Å². The largest absolute Gasteiger partial charge is 0.389 e. The molecule has 2 aromatic rings. The molecule has 0 fully saturated rings. The summed E-state index contributed by atoms with van der Waals surface area (Å²) in [5.41, 5.74) is 6.24. The lowest BCUT2D eigenvalue weighted by atomic mass is 10.3. The molecule has 0 atom stereocenters. The molecule has 88 valence electrons. The molecular weight excluding hydrogens is 236 g/mol. The lowest BCUT2D eigenvalue weighted by molar-refractivity contribution is 0.810. The van der Waals surface area contributed by atoms with Gasteiger partial charge in [0, 0.05) is 18.8 Å². The van der Waals surface area contributed by atoms with E-state index in [0.29, 0.717) is 11.5 Å². The van der Waals surface area contributed by atoms with Gasteiger partial charge in [0.15, 0.2) is 5.82 Å². The van der Waals surface area contributed by atoms with E-state index in [1.165, 1.54) is 0 Å². The van der Waals surface area contributed by atoms with Crippen molar-refractivity contribution in [3.8, 4) is 0 Å².